The lowest BCUT2D eigenvalue weighted by Gasteiger charge is -2.06. The summed E-state index contributed by atoms with van der Waals surface area (Å²) in [6.45, 7) is 1.82. The second kappa shape index (κ2) is 4.42. The highest BCUT2D eigenvalue weighted by atomic mass is 16.6. The molecule has 0 N–H and O–H groups in total. The van der Waals surface area contributed by atoms with Crippen molar-refractivity contribution in [1.29, 1.82) is 0 Å². The van der Waals surface area contributed by atoms with Gasteiger partial charge in [0.2, 0.25) is 0 Å². The number of hydrogen-bond acceptors (Lipinski definition) is 5. The molecule has 1 aromatic rings. The van der Waals surface area contributed by atoms with Gasteiger partial charge in [0, 0.05) is 0 Å². The molecule has 5 heteroatoms. The number of nitrogens with zero attached hydrogens (tertiary/aromatic N) is 2. The van der Waals surface area contributed by atoms with Gasteiger partial charge in [0.05, 0.1) is 5.92 Å². The van der Waals surface area contributed by atoms with Crippen LogP contribution in [0.1, 0.15) is 37.4 Å². The lowest BCUT2D eigenvalue weighted by atomic mass is 10.1. The molecule has 0 atom stereocenters. The Morgan fingerprint density at radius 1 is 1.53 bits per heavy atom. The Balaban J connectivity index is 1.80. The number of aromatic nitrogens is 2. The van der Waals surface area contributed by atoms with E-state index in [0.717, 1.165) is 25.7 Å². The Hall–Kier alpha value is -1.39. The minimum absolute atomic E-state index is 0.0778. The molecule has 5 nitrogen and oxygen atoms in total. The fourth-order valence-electron chi connectivity index (χ4n) is 1.81. The van der Waals surface area contributed by atoms with Crippen LogP contribution in [0.3, 0.4) is 0 Å². The van der Waals surface area contributed by atoms with Gasteiger partial charge < -0.3 is 9.26 Å². The first-order chi connectivity index (χ1) is 7.25. The molecule has 1 heterocycles. The summed E-state index contributed by atoms with van der Waals surface area (Å²) in [6, 6.07) is 0. The molecule has 1 fully saturated rings. The van der Waals surface area contributed by atoms with Crippen molar-refractivity contribution in [2.24, 2.45) is 5.92 Å². The zero-order valence-corrected chi connectivity index (χ0v) is 8.73. The highest BCUT2D eigenvalue weighted by Gasteiger charge is 2.24. The van der Waals surface area contributed by atoms with Gasteiger partial charge in [0.15, 0.2) is 12.4 Å². The van der Waals surface area contributed by atoms with Crippen molar-refractivity contribution < 1.29 is 14.1 Å². The topological polar surface area (TPSA) is 65.2 Å². The van der Waals surface area contributed by atoms with Gasteiger partial charge in [-0.3, -0.25) is 4.79 Å². The van der Waals surface area contributed by atoms with Crippen LogP contribution in [-0.4, -0.2) is 16.1 Å². The minimum atomic E-state index is -0.136. The smallest absolute Gasteiger partial charge is 0.309 e. The SMILES string of the molecule is Cc1noc(COC(=O)C2CCCC2)n1. The van der Waals surface area contributed by atoms with Gasteiger partial charge in [-0.1, -0.05) is 18.0 Å². The van der Waals surface area contributed by atoms with Crippen LogP contribution >= 0.6 is 0 Å². The summed E-state index contributed by atoms with van der Waals surface area (Å²) in [5, 5.41) is 3.61. The second-order valence-corrected chi connectivity index (χ2v) is 3.82. The summed E-state index contributed by atoms with van der Waals surface area (Å²) in [5.74, 6) is 0.859. The molecule has 1 aromatic heterocycles. The molecule has 0 saturated heterocycles. The zero-order chi connectivity index (χ0) is 10.7. The number of carbonyl (C=O) groups excluding carboxylic acids is 1. The van der Waals surface area contributed by atoms with E-state index in [1.54, 1.807) is 6.92 Å². The van der Waals surface area contributed by atoms with Crippen LogP contribution in [0, 0.1) is 12.8 Å². The summed E-state index contributed by atoms with van der Waals surface area (Å²) in [7, 11) is 0. The van der Waals surface area contributed by atoms with Crippen molar-refractivity contribution in [3.63, 3.8) is 0 Å². The van der Waals surface area contributed by atoms with E-state index in [4.69, 9.17) is 9.26 Å². The fourth-order valence-corrected chi connectivity index (χ4v) is 1.81. The number of ether oxygens (including phenoxy) is 1. The second-order valence-electron chi connectivity index (χ2n) is 3.82. The quantitative estimate of drug-likeness (QED) is 0.709. The zero-order valence-electron chi connectivity index (χ0n) is 8.73. The van der Waals surface area contributed by atoms with E-state index in [1.807, 2.05) is 0 Å². The largest absolute Gasteiger partial charge is 0.455 e. The first kappa shape index (κ1) is 10.1. The Kier molecular flexibility index (Phi) is 2.99. The van der Waals surface area contributed by atoms with Crippen molar-refractivity contribution in [2.75, 3.05) is 0 Å². The van der Waals surface area contributed by atoms with E-state index in [-0.39, 0.29) is 18.5 Å². The van der Waals surface area contributed by atoms with Crippen LogP contribution in [0.4, 0.5) is 0 Å². The summed E-state index contributed by atoms with van der Waals surface area (Å²) in [5.41, 5.74) is 0. The molecule has 1 aliphatic carbocycles. The standard InChI is InChI=1S/C10H14N2O3/c1-7-11-9(15-12-7)6-14-10(13)8-4-2-3-5-8/h8H,2-6H2,1H3. The number of carbonyl (C=O) groups is 1. The maximum absolute atomic E-state index is 11.5. The van der Waals surface area contributed by atoms with Crippen molar-refractivity contribution in [1.82, 2.24) is 10.1 Å². The van der Waals surface area contributed by atoms with E-state index >= 15 is 0 Å². The van der Waals surface area contributed by atoms with Gasteiger partial charge in [-0.2, -0.15) is 4.98 Å². The van der Waals surface area contributed by atoms with Crippen molar-refractivity contribution in [3.05, 3.63) is 11.7 Å². The van der Waals surface area contributed by atoms with Gasteiger partial charge >= 0.3 is 5.97 Å². The van der Waals surface area contributed by atoms with Crippen molar-refractivity contribution in [3.8, 4) is 0 Å². The molecule has 0 radical (unpaired) electrons. The first-order valence-electron chi connectivity index (χ1n) is 5.21. The van der Waals surface area contributed by atoms with Crippen molar-refractivity contribution in [2.45, 2.75) is 39.2 Å². The van der Waals surface area contributed by atoms with Gasteiger partial charge in [-0.05, 0) is 19.8 Å². The van der Waals surface area contributed by atoms with Gasteiger partial charge in [-0.25, -0.2) is 0 Å². The van der Waals surface area contributed by atoms with Crippen LogP contribution in [0.15, 0.2) is 4.52 Å². The summed E-state index contributed by atoms with van der Waals surface area (Å²) >= 11 is 0. The maximum Gasteiger partial charge on any atom is 0.309 e. The van der Waals surface area contributed by atoms with Crippen LogP contribution in [0.25, 0.3) is 0 Å². The lowest BCUT2D eigenvalue weighted by molar-refractivity contribution is -0.150. The first-order valence-corrected chi connectivity index (χ1v) is 5.21. The lowest BCUT2D eigenvalue weighted by Crippen LogP contribution is -2.14. The molecule has 0 amide bonds. The molecular weight excluding hydrogens is 196 g/mol. The molecule has 1 aliphatic rings. The molecule has 0 aliphatic heterocycles. The van der Waals surface area contributed by atoms with Crippen LogP contribution in [0.2, 0.25) is 0 Å². The predicted octanol–water partition coefficient (Wildman–Crippen LogP) is 1.61. The molecule has 82 valence electrons. The van der Waals surface area contributed by atoms with Gasteiger partial charge in [0.25, 0.3) is 5.89 Å². The van der Waals surface area contributed by atoms with Gasteiger partial charge in [0.1, 0.15) is 0 Å². The van der Waals surface area contributed by atoms with Crippen LogP contribution < -0.4 is 0 Å². The normalized spacial score (nSPS) is 16.9. The number of hydrogen-bond donors (Lipinski definition) is 0. The molecule has 15 heavy (non-hydrogen) atoms. The van der Waals surface area contributed by atoms with E-state index in [9.17, 15) is 4.79 Å². The van der Waals surface area contributed by atoms with Crippen molar-refractivity contribution >= 4 is 5.97 Å². The monoisotopic (exact) mass is 210 g/mol. The summed E-state index contributed by atoms with van der Waals surface area (Å²) in [4.78, 5) is 15.5. The molecule has 0 spiro atoms. The Morgan fingerprint density at radius 2 is 2.27 bits per heavy atom. The maximum atomic E-state index is 11.5. The Bertz CT molecular complexity index is 342. The van der Waals surface area contributed by atoms with E-state index < -0.39 is 0 Å². The van der Waals surface area contributed by atoms with Crippen LogP contribution in [-0.2, 0) is 16.1 Å². The summed E-state index contributed by atoms with van der Waals surface area (Å²) < 4.78 is 9.93. The van der Waals surface area contributed by atoms with E-state index in [2.05, 4.69) is 10.1 Å². The summed E-state index contributed by atoms with van der Waals surface area (Å²) in [6.07, 6.45) is 4.14. The molecular formula is C10H14N2O3. The fraction of sp³-hybridized carbons (Fsp3) is 0.700. The third kappa shape index (κ3) is 2.55. The predicted molar refractivity (Wildman–Crippen MR) is 50.8 cm³/mol. The highest BCUT2D eigenvalue weighted by molar-refractivity contribution is 5.72. The molecule has 0 bridgehead atoms. The number of aryl methyl sites for hydroxylation is 1. The Labute approximate surface area is 87.8 Å². The minimum Gasteiger partial charge on any atom is -0.455 e. The number of esters is 1. The highest BCUT2D eigenvalue weighted by Crippen LogP contribution is 2.25. The van der Waals surface area contributed by atoms with Crippen LogP contribution in [0.5, 0.6) is 0 Å². The molecule has 2 rings (SSSR count). The molecule has 0 unspecified atom stereocenters. The van der Waals surface area contributed by atoms with E-state index in [0.29, 0.717) is 11.7 Å². The molecule has 0 aromatic carbocycles. The third-order valence-electron chi connectivity index (χ3n) is 2.60. The third-order valence-corrected chi connectivity index (χ3v) is 2.60. The molecule has 1 saturated carbocycles. The number of rotatable bonds is 3. The van der Waals surface area contributed by atoms with E-state index in [1.165, 1.54) is 0 Å². The van der Waals surface area contributed by atoms with Gasteiger partial charge in [-0.15, -0.1) is 0 Å². The average Bonchev–Trinajstić information content (AvgIpc) is 2.84. The average molecular weight is 210 g/mol. The Morgan fingerprint density at radius 3 is 2.87 bits per heavy atom.